The van der Waals surface area contributed by atoms with Crippen LogP contribution in [0.4, 0.5) is 8.78 Å². The summed E-state index contributed by atoms with van der Waals surface area (Å²) in [7, 11) is -3.54. The Hall–Kier alpha value is -1.29. The van der Waals surface area contributed by atoms with Gasteiger partial charge in [-0.05, 0) is 24.6 Å². The lowest BCUT2D eigenvalue weighted by atomic mass is 10.1. The third-order valence-electron chi connectivity index (χ3n) is 4.51. The zero-order valence-electron chi connectivity index (χ0n) is 15.5. The first-order valence-electron chi connectivity index (χ1n) is 8.62. The molecule has 2 atom stereocenters. The standard InChI is InChI=1S/C17H25F2N3O3S.ClH/c1-4-22(5-2)26(24,25)14-8-6-13(7-9-14)12(3)21-16(23)15-10-17(18,19)11-20-15;/h6-9,12,15,20H,4-5,10-11H2,1-3H3,(H,21,23);1H. The monoisotopic (exact) mass is 425 g/mol. The van der Waals surface area contributed by atoms with Crippen molar-refractivity contribution in [3.05, 3.63) is 29.8 Å². The third-order valence-corrected chi connectivity index (χ3v) is 6.57. The molecule has 1 aromatic rings. The minimum atomic E-state index is -3.54. The van der Waals surface area contributed by atoms with E-state index in [0.29, 0.717) is 18.7 Å². The fourth-order valence-electron chi connectivity index (χ4n) is 2.94. The summed E-state index contributed by atoms with van der Waals surface area (Å²) in [5, 5.41) is 5.20. The predicted octanol–water partition coefficient (Wildman–Crippen LogP) is 2.31. The van der Waals surface area contributed by atoms with Crippen LogP contribution in [0, 0.1) is 0 Å². The molecule has 1 amide bonds. The summed E-state index contributed by atoms with van der Waals surface area (Å²) in [5.41, 5.74) is 0.696. The summed E-state index contributed by atoms with van der Waals surface area (Å²) in [6.45, 7) is 5.52. The molecule has 1 heterocycles. The Morgan fingerprint density at radius 3 is 2.30 bits per heavy atom. The second-order valence-electron chi connectivity index (χ2n) is 6.38. The van der Waals surface area contributed by atoms with Crippen LogP contribution in [0.5, 0.6) is 0 Å². The highest BCUT2D eigenvalue weighted by Crippen LogP contribution is 2.26. The molecular weight excluding hydrogens is 400 g/mol. The maximum Gasteiger partial charge on any atom is 0.262 e. The summed E-state index contributed by atoms with van der Waals surface area (Å²) in [4.78, 5) is 12.3. The van der Waals surface area contributed by atoms with Gasteiger partial charge >= 0.3 is 0 Å². The Balaban J connectivity index is 0.00000364. The van der Waals surface area contributed by atoms with Crippen molar-refractivity contribution < 1.29 is 22.0 Å². The highest BCUT2D eigenvalue weighted by Gasteiger charge is 2.42. The van der Waals surface area contributed by atoms with Gasteiger partial charge in [0, 0.05) is 19.5 Å². The molecule has 1 aliphatic heterocycles. The maximum atomic E-state index is 13.2. The minimum absolute atomic E-state index is 0. The zero-order valence-corrected chi connectivity index (χ0v) is 17.2. The summed E-state index contributed by atoms with van der Waals surface area (Å²) >= 11 is 0. The molecule has 2 unspecified atom stereocenters. The van der Waals surface area contributed by atoms with Gasteiger partial charge in [-0.15, -0.1) is 12.4 Å². The Bertz CT molecular complexity index is 740. The van der Waals surface area contributed by atoms with Crippen LogP contribution in [-0.4, -0.2) is 50.2 Å². The van der Waals surface area contributed by atoms with Crippen LogP contribution in [0.1, 0.15) is 38.8 Å². The third kappa shape index (κ3) is 5.60. The van der Waals surface area contributed by atoms with Crippen LogP contribution in [0.25, 0.3) is 0 Å². The largest absolute Gasteiger partial charge is 0.348 e. The SMILES string of the molecule is CCN(CC)S(=O)(=O)c1ccc(C(C)NC(=O)C2CC(F)(F)CN2)cc1.Cl. The molecule has 154 valence electrons. The van der Waals surface area contributed by atoms with Crippen molar-refractivity contribution in [1.82, 2.24) is 14.9 Å². The number of amides is 1. The van der Waals surface area contributed by atoms with Crippen molar-refractivity contribution in [2.24, 2.45) is 0 Å². The van der Waals surface area contributed by atoms with Gasteiger partial charge in [-0.2, -0.15) is 4.31 Å². The van der Waals surface area contributed by atoms with Crippen LogP contribution in [0.2, 0.25) is 0 Å². The van der Waals surface area contributed by atoms with Crippen molar-refractivity contribution in [3.8, 4) is 0 Å². The lowest BCUT2D eigenvalue weighted by molar-refractivity contribution is -0.124. The molecular formula is C17H26ClF2N3O3S. The van der Waals surface area contributed by atoms with Gasteiger partial charge in [0.05, 0.1) is 23.5 Å². The lowest BCUT2D eigenvalue weighted by Crippen LogP contribution is -2.41. The highest BCUT2D eigenvalue weighted by atomic mass is 35.5. The van der Waals surface area contributed by atoms with E-state index in [2.05, 4.69) is 10.6 Å². The number of carbonyl (C=O) groups excluding carboxylic acids is 1. The van der Waals surface area contributed by atoms with Crippen LogP contribution in [0.15, 0.2) is 29.2 Å². The molecule has 0 spiro atoms. The first-order chi connectivity index (χ1) is 12.1. The van der Waals surface area contributed by atoms with Crippen molar-refractivity contribution in [1.29, 1.82) is 0 Å². The lowest BCUT2D eigenvalue weighted by Gasteiger charge is -2.20. The molecule has 0 radical (unpaired) electrons. The summed E-state index contributed by atoms with van der Waals surface area (Å²) in [5.74, 6) is -3.36. The Labute approximate surface area is 165 Å². The van der Waals surface area contributed by atoms with Gasteiger partial charge < -0.3 is 5.32 Å². The second kappa shape index (κ2) is 9.27. The molecule has 0 bridgehead atoms. The number of carbonyl (C=O) groups is 1. The molecule has 1 aromatic carbocycles. The van der Waals surface area contributed by atoms with E-state index >= 15 is 0 Å². The zero-order chi connectivity index (χ0) is 19.5. The van der Waals surface area contributed by atoms with E-state index in [1.807, 2.05) is 0 Å². The van der Waals surface area contributed by atoms with Crippen molar-refractivity contribution in [2.75, 3.05) is 19.6 Å². The molecule has 10 heteroatoms. The molecule has 1 saturated heterocycles. The number of halogens is 3. The van der Waals surface area contributed by atoms with E-state index in [9.17, 15) is 22.0 Å². The molecule has 1 fully saturated rings. The van der Waals surface area contributed by atoms with Crippen molar-refractivity contribution in [2.45, 2.75) is 50.1 Å². The number of rotatable bonds is 7. The Morgan fingerprint density at radius 1 is 1.30 bits per heavy atom. The Morgan fingerprint density at radius 2 is 1.85 bits per heavy atom. The van der Waals surface area contributed by atoms with Crippen LogP contribution < -0.4 is 10.6 Å². The van der Waals surface area contributed by atoms with Gasteiger partial charge in [-0.3, -0.25) is 10.1 Å². The normalized spacial score (nSPS) is 20.1. The number of nitrogens with one attached hydrogen (secondary N) is 2. The second-order valence-corrected chi connectivity index (χ2v) is 8.32. The van der Waals surface area contributed by atoms with E-state index < -0.39 is 46.9 Å². The predicted molar refractivity (Wildman–Crippen MR) is 102 cm³/mol. The van der Waals surface area contributed by atoms with Crippen LogP contribution >= 0.6 is 12.4 Å². The number of hydrogen-bond acceptors (Lipinski definition) is 4. The molecule has 0 aliphatic carbocycles. The minimum Gasteiger partial charge on any atom is -0.348 e. The highest BCUT2D eigenvalue weighted by molar-refractivity contribution is 7.89. The van der Waals surface area contributed by atoms with E-state index in [1.54, 1.807) is 32.9 Å². The molecule has 2 rings (SSSR count). The molecule has 1 aliphatic rings. The van der Waals surface area contributed by atoms with Gasteiger partial charge in [0.1, 0.15) is 0 Å². The molecule has 0 saturated carbocycles. The topological polar surface area (TPSA) is 78.5 Å². The number of sulfonamides is 1. The number of hydrogen-bond donors (Lipinski definition) is 2. The van der Waals surface area contributed by atoms with Gasteiger partial charge in [0.15, 0.2) is 0 Å². The van der Waals surface area contributed by atoms with Crippen LogP contribution in [0.3, 0.4) is 0 Å². The van der Waals surface area contributed by atoms with Crippen molar-refractivity contribution >= 4 is 28.3 Å². The fraction of sp³-hybridized carbons (Fsp3) is 0.588. The van der Waals surface area contributed by atoms with E-state index in [1.165, 1.54) is 16.4 Å². The average Bonchev–Trinajstić information content (AvgIpc) is 2.96. The molecule has 0 aromatic heterocycles. The number of nitrogens with zero attached hydrogens (tertiary/aromatic N) is 1. The quantitative estimate of drug-likeness (QED) is 0.702. The molecule has 27 heavy (non-hydrogen) atoms. The van der Waals surface area contributed by atoms with E-state index in [0.717, 1.165) is 0 Å². The van der Waals surface area contributed by atoms with Gasteiger partial charge in [0.2, 0.25) is 15.9 Å². The summed E-state index contributed by atoms with van der Waals surface area (Å²) < 4.78 is 52.7. The number of alkyl halides is 2. The Kier molecular flexibility index (Phi) is 8.15. The molecule has 2 N–H and O–H groups in total. The first-order valence-corrected chi connectivity index (χ1v) is 10.1. The van der Waals surface area contributed by atoms with E-state index in [4.69, 9.17) is 0 Å². The average molecular weight is 426 g/mol. The maximum absolute atomic E-state index is 13.2. The van der Waals surface area contributed by atoms with Gasteiger partial charge in [-0.1, -0.05) is 26.0 Å². The number of benzene rings is 1. The first kappa shape index (κ1) is 23.7. The fourth-order valence-corrected chi connectivity index (χ4v) is 4.40. The summed E-state index contributed by atoms with van der Waals surface area (Å²) in [6.07, 6.45) is -0.521. The van der Waals surface area contributed by atoms with E-state index in [-0.39, 0.29) is 17.3 Å². The van der Waals surface area contributed by atoms with Gasteiger partial charge in [-0.25, -0.2) is 17.2 Å². The van der Waals surface area contributed by atoms with Gasteiger partial charge in [0.25, 0.3) is 5.92 Å². The smallest absolute Gasteiger partial charge is 0.262 e. The van der Waals surface area contributed by atoms with Crippen LogP contribution in [-0.2, 0) is 14.8 Å². The molecule has 6 nitrogen and oxygen atoms in total. The van der Waals surface area contributed by atoms with Crippen molar-refractivity contribution in [3.63, 3.8) is 0 Å². The summed E-state index contributed by atoms with van der Waals surface area (Å²) in [6, 6.07) is 4.88.